The molecule has 4 fully saturated rings. The Morgan fingerprint density at radius 2 is 1.24 bits per heavy atom. The Balaban J connectivity index is 1.62. The predicted octanol–water partition coefficient (Wildman–Crippen LogP) is 3.55. The maximum absolute atomic E-state index is 12.4. The van der Waals surface area contributed by atoms with Crippen molar-refractivity contribution in [1.82, 2.24) is 0 Å². The van der Waals surface area contributed by atoms with Crippen molar-refractivity contribution in [3.05, 3.63) is 12.2 Å². The molecule has 0 aromatic heterocycles. The van der Waals surface area contributed by atoms with Crippen molar-refractivity contribution in [2.75, 3.05) is 0 Å². The van der Waals surface area contributed by atoms with Gasteiger partial charge >= 0.3 is 0 Å². The van der Waals surface area contributed by atoms with E-state index in [0.717, 1.165) is 11.8 Å². The van der Waals surface area contributed by atoms with Crippen molar-refractivity contribution in [1.29, 1.82) is 0 Å². The van der Waals surface area contributed by atoms with E-state index in [1.54, 1.807) is 12.2 Å². The second-order valence-electron chi connectivity index (χ2n) is 8.34. The molecule has 5 rings (SSSR count). The summed E-state index contributed by atoms with van der Waals surface area (Å²) in [7, 11) is 0. The fourth-order valence-corrected chi connectivity index (χ4v) is 7.19. The number of carbonyl (C=O) groups excluding carboxylic acids is 2. The number of hydrogen-bond donors (Lipinski definition) is 0. The van der Waals surface area contributed by atoms with Crippen LogP contribution >= 0.6 is 0 Å². The van der Waals surface area contributed by atoms with Gasteiger partial charge in [-0.3, -0.25) is 9.59 Å². The van der Waals surface area contributed by atoms with Gasteiger partial charge in [-0.2, -0.15) is 0 Å². The summed E-state index contributed by atoms with van der Waals surface area (Å²) in [6, 6.07) is 0. The van der Waals surface area contributed by atoms with Gasteiger partial charge in [-0.15, -0.1) is 0 Å². The van der Waals surface area contributed by atoms with Crippen molar-refractivity contribution < 1.29 is 9.59 Å². The Bertz CT molecular complexity index is 498. The fourth-order valence-electron chi connectivity index (χ4n) is 7.19. The summed E-state index contributed by atoms with van der Waals surface area (Å²) in [6.45, 7) is 0. The lowest BCUT2D eigenvalue weighted by Crippen LogP contribution is -2.31. The molecule has 0 N–H and O–H groups in total. The van der Waals surface area contributed by atoms with Crippen LogP contribution in [0.1, 0.15) is 51.4 Å². The molecule has 6 atom stereocenters. The zero-order valence-corrected chi connectivity index (χ0v) is 12.6. The SMILES string of the molecule is O=C1C=CC(=O)C2C1C21C2CCCC(C2)C2CCCC1C2. The first-order valence-electron chi connectivity index (χ1n) is 8.98. The first kappa shape index (κ1) is 12.6. The zero-order valence-electron chi connectivity index (χ0n) is 12.6. The Morgan fingerprint density at radius 1 is 0.762 bits per heavy atom. The molecule has 5 aliphatic rings. The third-order valence-corrected chi connectivity index (χ3v) is 7.84. The summed E-state index contributed by atoms with van der Waals surface area (Å²) in [4.78, 5) is 24.9. The minimum absolute atomic E-state index is 0.0700. The second-order valence-corrected chi connectivity index (χ2v) is 8.34. The van der Waals surface area contributed by atoms with Crippen LogP contribution in [0.4, 0.5) is 0 Å². The molecule has 0 amide bonds. The fraction of sp³-hybridized carbons (Fsp3) is 0.789. The number of fused-ring (bicyclic) bond motifs is 10. The third-order valence-electron chi connectivity index (χ3n) is 7.84. The molecule has 0 aliphatic heterocycles. The molecule has 2 heteroatoms. The van der Waals surface area contributed by atoms with E-state index in [1.807, 2.05) is 0 Å². The van der Waals surface area contributed by atoms with Gasteiger partial charge in [0.05, 0.1) is 0 Å². The predicted molar refractivity (Wildman–Crippen MR) is 79.5 cm³/mol. The molecule has 4 saturated carbocycles. The lowest BCUT2D eigenvalue weighted by atomic mass is 9.68. The van der Waals surface area contributed by atoms with Crippen LogP contribution in [0.25, 0.3) is 0 Å². The zero-order chi connectivity index (χ0) is 14.2. The van der Waals surface area contributed by atoms with Crippen molar-refractivity contribution in [2.24, 2.45) is 40.9 Å². The molecule has 0 aromatic carbocycles. The van der Waals surface area contributed by atoms with Gasteiger partial charge in [0, 0.05) is 11.8 Å². The molecular formula is C19H24O2. The van der Waals surface area contributed by atoms with Gasteiger partial charge in [0.25, 0.3) is 0 Å². The van der Waals surface area contributed by atoms with Crippen LogP contribution in [0, 0.1) is 40.9 Å². The van der Waals surface area contributed by atoms with E-state index in [-0.39, 0.29) is 28.8 Å². The molecule has 21 heavy (non-hydrogen) atoms. The summed E-state index contributed by atoms with van der Waals surface area (Å²) in [6.07, 6.45) is 13.8. The Kier molecular flexibility index (Phi) is 2.45. The highest BCUT2D eigenvalue weighted by Crippen LogP contribution is 2.75. The van der Waals surface area contributed by atoms with Crippen molar-refractivity contribution in [3.8, 4) is 0 Å². The maximum atomic E-state index is 12.4. The number of ketones is 2. The largest absolute Gasteiger partial charge is 0.294 e. The van der Waals surface area contributed by atoms with E-state index in [1.165, 1.54) is 51.4 Å². The second kappa shape index (κ2) is 4.08. The minimum Gasteiger partial charge on any atom is -0.294 e. The molecule has 0 aromatic rings. The minimum atomic E-state index is 0.0700. The molecule has 6 unspecified atom stereocenters. The average Bonchev–Trinajstić information content (AvgIpc) is 3.24. The Morgan fingerprint density at radius 3 is 1.71 bits per heavy atom. The van der Waals surface area contributed by atoms with Gasteiger partial charge in [0.1, 0.15) is 0 Å². The first-order valence-corrected chi connectivity index (χ1v) is 8.98. The van der Waals surface area contributed by atoms with Crippen LogP contribution in [-0.2, 0) is 9.59 Å². The van der Waals surface area contributed by atoms with Crippen LogP contribution in [0.3, 0.4) is 0 Å². The summed E-state index contributed by atoms with van der Waals surface area (Å²) < 4.78 is 0. The quantitative estimate of drug-likeness (QED) is 0.681. The lowest BCUT2D eigenvalue weighted by molar-refractivity contribution is -0.121. The molecular weight excluding hydrogens is 260 g/mol. The van der Waals surface area contributed by atoms with Crippen molar-refractivity contribution in [2.45, 2.75) is 51.4 Å². The van der Waals surface area contributed by atoms with E-state index in [9.17, 15) is 9.59 Å². The first-order chi connectivity index (χ1) is 10.2. The summed E-state index contributed by atoms with van der Waals surface area (Å²) in [5, 5.41) is 0. The van der Waals surface area contributed by atoms with Crippen molar-refractivity contribution in [3.63, 3.8) is 0 Å². The molecule has 1 spiro atoms. The number of allylic oxidation sites excluding steroid dienone is 2. The van der Waals surface area contributed by atoms with Gasteiger partial charge < -0.3 is 0 Å². The van der Waals surface area contributed by atoms with E-state index < -0.39 is 0 Å². The topological polar surface area (TPSA) is 34.1 Å². The van der Waals surface area contributed by atoms with Gasteiger partial charge in [0.2, 0.25) is 0 Å². The lowest BCUT2D eigenvalue weighted by Gasteiger charge is -2.36. The van der Waals surface area contributed by atoms with E-state index in [4.69, 9.17) is 0 Å². The highest BCUT2D eigenvalue weighted by atomic mass is 16.1. The van der Waals surface area contributed by atoms with Gasteiger partial charge in [-0.05, 0) is 66.9 Å². The van der Waals surface area contributed by atoms with Crippen LogP contribution in [0.2, 0.25) is 0 Å². The molecule has 112 valence electrons. The summed E-state index contributed by atoms with van der Waals surface area (Å²) >= 11 is 0. The van der Waals surface area contributed by atoms with Crippen LogP contribution in [-0.4, -0.2) is 11.6 Å². The third kappa shape index (κ3) is 1.44. The number of hydrogen-bond acceptors (Lipinski definition) is 2. The number of carbonyl (C=O) groups is 2. The van der Waals surface area contributed by atoms with E-state index >= 15 is 0 Å². The highest BCUT2D eigenvalue weighted by molar-refractivity contribution is 6.12. The summed E-state index contributed by atoms with van der Waals surface area (Å²) in [5.74, 6) is 3.79. The van der Waals surface area contributed by atoms with Gasteiger partial charge in [-0.1, -0.05) is 25.7 Å². The van der Waals surface area contributed by atoms with Crippen LogP contribution in [0.5, 0.6) is 0 Å². The Hall–Kier alpha value is -0.920. The van der Waals surface area contributed by atoms with Gasteiger partial charge in [-0.25, -0.2) is 0 Å². The monoisotopic (exact) mass is 284 g/mol. The normalized spacial score (nSPS) is 54.3. The van der Waals surface area contributed by atoms with Crippen molar-refractivity contribution >= 4 is 11.6 Å². The molecule has 0 saturated heterocycles. The molecule has 0 radical (unpaired) electrons. The molecule has 2 nitrogen and oxygen atoms in total. The summed E-state index contributed by atoms with van der Waals surface area (Å²) in [5.41, 5.74) is 0.0888. The molecule has 0 heterocycles. The molecule has 5 aliphatic carbocycles. The van der Waals surface area contributed by atoms with E-state index in [2.05, 4.69) is 0 Å². The highest BCUT2D eigenvalue weighted by Gasteiger charge is 2.76. The van der Waals surface area contributed by atoms with Crippen LogP contribution in [0.15, 0.2) is 12.2 Å². The van der Waals surface area contributed by atoms with Crippen LogP contribution < -0.4 is 0 Å². The number of rotatable bonds is 0. The van der Waals surface area contributed by atoms with E-state index in [0.29, 0.717) is 11.8 Å². The standard InChI is InChI=1S/C19H24O2/c20-15-7-8-16(21)18-17(15)19(18)13-5-1-3-11(9-13)12-4-2-6-14(19)10-12/h7-8,11-14,17-18H,1-6,9-10H2. The smallest absolute Gasteiger partial charge is 0.160 e. The van der Waals surface area contributed by atoms with Gasteiger partial charge in [0.15, 0.2) is 11.6 Å². The average molecular weight is 284 g/mol. The maximum Gasteiger partial charge on any atom is 0.160 e. The Labute approximate surface area is 126 Å². The molecule has 4 bridgehead atoms.